The summed E-state index contributed by atoms with van der Waals surface area (Å²) in [5, 5.41) is 7.27. The van der Waals surface area contributed by atoms with Gasteiger partial charge >= 0.3 is 0 Å². The summed E-state index contributed by atoms with van der Waals surface area (Å²) in [5.41, 5.74) is 1.73. The van der Waals surface area contributed by atoms with E-state index < -0.39 is 0 Å². The minimum atomic E-state index is -0.337. The molecule has 0 spiro atoms. The van der Waals surface area contributed by atoms with Gasteiger partial charge in [-0.3, -0.25) is 4.79 Å². The Morgan fingerprint density at radius 3 is 2.52 bits per heavy atom. The number of hydrogen-bond donors (Lipinski definition) is 1. The molecule has 0 unspecified atom stereocenters. The number of benzene rings is 2. The van der Waals surface area contributed by atoms with E-state index in [0.29, 0.717) is 32.2 Å². The Balaban J connectivity index is 1.60. The molecule has 0 radical (unpaired) electrons. The average Bonchev–Trinajstić information content (AvgIpc) is 3.20. The number of rotatable bonds is 5. The molecular weight excluding hydrogens is 344 g/mol. The molecule has 7 nitrogen and oxygen atoms in total. The fourth-order valence-corrected chi connectivity index (χ4v) is 2.87. The van der Waals surface area contributed by atoms with Crippen LogP contribution in [0.2, 0.25) is 0 Å². The number of carbonyl (C=O) groups excluding carboxylic acids is 1. The topological polar surface area (TPSA) is 78.3 Å². The normalized spacial score (nSPS) is 16.8. The van der Waals surface area contributed by atoms with Gasteiger partial charge in [-0.15, -0.1) is 5.10 Å². The van der Waals surface area contributed by atoms with Crippen molar-refractivity contribution in [2.24, 2.45) is 0 Å². The predicted octanol–water partition coefficient (Wildman–Crippen LogP) is 2.08. The lowest BCUT2D eigenvalue weighted by molar-refractivity contribution is -0.0855. The van der Waals surface area contributed by atoms with Gasteiger partial charge in [0.2, 0.25) is 5.82 Å². The average molecular weight is 364 g/mol. The van der Waals surface area contributed by atoms with Crippen LogP contribution in [0, 0.1) is 0 Å². The van der Waals surface area contributed by atoms with E-state index >= 15 is 0 Å². The maximum absolute atomic E-state index is 12.6. The first kappa shape index (κ1) is 17.4. The summed E-state index contributed by atoms with van der Waals surface area (Å²) in [4.78, 5) is 17.1. The molecular formula is C20H20N4O3. The van der Waals surface area contributed by atoms with E-state index in [0.717, 1.165) is 11.3 Å². The maximum Gasteiger partial charge on any atom is 0.291 e. The van der Waals surface area contributed by atoms with E-state index in [1.165, 1.54) is 0 Å². The van der Waals surface area contributed by atoms with Gasteiger partial charge in [0.05, 0.1) is 31.6 Å². The van der Waals surface area contributed by atoms with Crippen LogP contribution in [0.15, 0.2) is 60.7 Å². The van der Waals surface area contributed by atoms with E-state index in [4.69, 9.17) is 9.47 Å². The first-order chi connectivity index (χ1) is 13.3. The van der Waals surface area contributed by atoms with Crippen LogP contribution in [0.3, 0.4) is 0 Å². The van der Waals surface area contributed by atoms with Gasteiger partial charge in [-0.1, -0.05) is 48.5 Å². The van der Waals surface area contributed by atoms with Crippen LogP contribution < -0.4 is 5.32 Å². The lowest BCUT2D eigenvalue weighted by Crippen LogP contribution is -2.40. The number of carbonyl (C=O) groups is 1. The molecule has 1 aliphatic rings. The number of hydrogen-bond acceptors (Lipinski definition) is 5. The van der Waals surface area contributed by atoms with Gasteiger partial charge < -0.3 is 14.8 Å². The van der Waals surface area contributed by atoms with Crippen molar-refractivity contribution in [1.29, 1.82) is 0 Å². The van der Waals surface area contributed by atoms with Crippen molar-refractivity contribution in [1.82, 2.24) is 20.1 Å². The fourth-order valence-electron chi connectivity index (χ4n) is 2.87. The minimum Gasteiger partial charge on any atom is -0.376 e. The molecule has 0 aliphatic carbocycles. The summed E-state index contributed by atoms with van der Waals surface area (Å²) >= 11 is 0. The Labute approximate surface area is 156 Å². The third-order valence-electron chi connectivity index (χ3n) is 4.22. The molecule has 138 valence electrons. The highest BCUT2D eigenvalue weighted by Crippen LogP contribution is 2.20. The highest BCUT2D eigenvalue weighted by atomic mass is 16.6. The SMILES string of the molecule is O=C(NC[C@H]1COCCO1)c1nc(-c2ccccc2)n(-c2ccccc2)n1. The third kappa shape index (κ3) is 4.05. The molecule has 0 bridgehead atoms. The molecule has 3 aromatic rings. The highest BCUT2D eigenvalue weighted by molar-refractivity contribution is 5.91. The van der Waals surface area contributed by atoms with E-state index in [1.807, 2.05) is 60.7 Å². The quantitative estimate of drug-likeness (QED) is 0.750. The molecule has 4 rings (SSSR count). The van der Waals surface area contributed by atoms with Crippen LogP contribution >= 0.6 is 0 Å². The van der Waals surface area contributed by atoms with Crippen molar-refractivity contribution in [3.63, 3.8) is 0 Å². The Morgan fingerprint density at radius 2 is 1.81 bits per heavy atom. The van der Waals surface area contributed by atoms with E-state index in [-0.39, 0.29) is 17.8 Å². The lowest BCUT2D eigenvalue weighted by Gasteiger charge is -2.22. The summed E-state index contributed by atoms with van der Waals surface area (Å²) in [5.74, 6) is 0.398. The Morgan fingerprint density at radius 1 is 1.07 bits per heavy atom. The van der Waals surface area contributed by atoms with Crippen molar-refractivity contribution in [2.45, 2.75) is 6.10 Å². The molecule has 1 saturated heterocycles. The summed E-state index contributed by atoms with van der Waals surface area (Å²) < 4.78 is 12.6. The van der Waals surface area contributed by atoms with Gasteiger partial charge in [0.25, 0.3) is 5.91 Å². The fraction of sp³-hybridized carbons (Fsp3) is 0.250. The van der Waals surface area contributed by atoms with Crippen LogP contribution in [0.4, 0.5) is 0 Å². The van der Waals surface area contributed by atoms with E-state index in [2.05, 4.69) is 15.4 Å². The number of nitrogens with zero attached hydrogens (tertiary/aromatic N) is 3. The molecule has 1 atom stereocenters. The Hall–Kier alpha value is -3.03. The van der Waals surface area contributed by atoms with Crippen LogP contribution in [0.5, 0.6) is 0 Å². The number of ether oxygens (including phenoxy) is 2. The molecule has 1 fully saturated rings. The van der Waals surface area contributed by atoms with Crippen molar-refractivity contribution in [2.75, 3.05) is 26.4 Å². The van der Waals surface area contributed by atoms with E-state index in [9.17, 15) is 4.79 Å². The van der Waals surface area contributed by atoms with E-state index in [1.54, 1.807) is 4.68 Å². The van der Waals surface area contributed by atoms with Crippen LogP contribution in [-0.4, -0.2) is 53.1 Å². The molecule has 2 heterocycles. The second kappa shape index (κ2) is 8.11. The summed E-state index contributed by atoms with van der Waals surface area (Å²) in [6.45, 7) is 1.97. The molecule has 0 saturated carbocycles. The molecule has 2 aromatic carbocycles. The van der Waals surface area contributed by atoms with Gasteiger partial charge in [-0.25, -0.2) is 9.67 Å². The van der Waals surface area contributed by atoms with Crippen LogP contribution in [0.25, 0.3) is 17.1 Å². The van der Waals surface area contributed by atoms with Crippen LogP contribution in [0.1, 0.15) is 10.6 Å². The molecule has 7 heteroatoms. The van der Waals surface area contributed by atoms with Crippen LogP contribution in [-0.2, 0) is 9.47 Å². The lowest BCUT2D eigenvalue weighted by atomic mass is 10.2. The largest absolute Gasteiger partial charge is 0.376 e. The molecule has 1 N–H and O–H groups in total. The van der Waals surface area contributed by atoms with Crippen molar-refractivity contribution in [3.8, 4) is 17.1 Å². The zero-order valence-corrected chi connectivity index (χ0v) is 14.7. The minimum absolute atomic E-state index is 0.120. The molecule has 1 aliphatic heterocycles. The predicted molar refractivity (Wildman–Crippen MR) is 99.7 cm³/mol. The first-order valence-electron chi connectivity index (χ1n) is 8.87. The zero-order chi connectivity index (χ0) is 18.5. The number of nitrogens with one attached hydrogen (secondary N) is 1. The standard InChI is InChI=1S/C20H20N4O3/c25-20(21-13-17-14-26-11-12-27-17)18-22-19(15-7-3-1-4-8-15)24(23-18)16-9-5-2-6-10-16/h1-10,17H,11-14H2,(H,21,25)/t17-/m0/s1. The number of aromatic nitrogens is 3. The van der Waals surface area contributed by atoms with Crippen molar-refractivity contribution >= 4 is 5.91 Å². The van der Waals surface area contributed by atoms with Gasteiger partial charge in [0.1, 0.15) is 0 Å². The zero-order valence-electron chi connectivity index (χ0n) is 14.7. The molecule has 27 heavy (non-hydrogen) atoms. The highest BCUT2D eigenvalue weighted by Gasteiger charge is 2.21. The molecule has 1 amide bonds. The monoisotopic (exact) mass is 364 g/mol. The second-order valence-electron chi connectivity index (χ2n) is 6.15. The molecule has 1 aromatic heterocycles. The first-order valence-corrected chi connectivity index (χ1v) is 8.87. The second-order valence-corrected chi connectivity index (χ2v) is 6.15. The summed E-state index contributed by atoms with van der Waals surface area (Å²) in [7, 11) is 0. The van der Waals surface area contributed by atoms with Gasteiger partial charge in [-0.05, 0) is 12.1 Å². The maximum atomic E-state index is 12.6. The third-order valence-corrected chi connectivity index (χ3v) is 4.22. The van der Waals surface area contributed by atoms with Crippen molar-refractivity contribution < 1.29 is 14.3 Å². The summed E-state index contributed by atoms with van der Waals surface area (Å²) in [6, 6.07) is 19.3. The number of amides is 1. The smallest absolute Gasteiger partial charge is 0.291 e. The Bertz CT molecular complexity index is 833. The number of para-hydroxylation sites is 1. The van der Waals surface area contributed by atoms with Gasteiger partial charge in [-0.2, -0.15) is 0 Å². The summed E-state index contributed by atoms with van der Waals surface area (Å²) in [6.07, 6.45) is -0.146. The van der Waals surface area contributed by atoms with Crippen molar-refractivity contribution in [3.05, 3.63) is 66.5 Å². The van der Waals surface area contributed by atoms with Gasteiger partial charge in [0, 0.05) is 12.1 Å². The van der Waals surface area contributed by atoms with Gasteiger partial charge in [0.15, 0.2) is 5.82 Å². The Kier molecular flexibility index (Phi) is 5.22.